The van der Waals surface area contributed by atoms with E-state index in [1.165, 1.54) is 6.33 Å². The van der Waals surface area contributed by atoms with Gasteiger partial charge in [0.2, 0.25) is 0 Å². The molecule has 1 aliphatic heterocycles. The molecule has 134 valence electrons. The van der Waals surface area contributed by atoms with Crippen molar-refractivity contribution in [1.29, 1.82) is 0 Å². The minimum absolute atomic E-state index is 0.319. The average Bonchev–Trinajstić information content (AvgIpc) is 3.04. The maximum Gasteiger partial charge on any atom is 0.146 e. The first-order valence-electron chi connectivity index (χ1n) is 9.00. The molecule has 4 heterocycles. The van der Waals surface area contributed by atoms with Gasteiger partial charge in [-0.05, 0) is 31.2 Å². The Hall–Kier alpha value is -3.25. The lowest BCUT2D eigenvalue weighted by atomic mass is 9.94. The highest BCUT2D eigenvalue weighted by atomic mass is 15.1. The summed E-state index contributed by atoms with van der Waals surface area (Å²) >= 11 is 0. The van der Waals surface area contributed by atoms with E-state index in [0.717, 1.165) is 57.3 Å². The summed E-state index contributed by atoms with van der Waals surface area (Å²) < 4.78 is 2.21. The summed E-state index contributed by atoms with van der Waals surface area (Å²) in [5.41, 5.74) is 12.3. The molecular weight excluding hydrogens is 336 g/mol. The average molecular weight is 356 g/mol. The van der Waals surface area contributed by atoms with Crippen LogP contribution in [0.2, 0.25) is 0 Å². The van der Waals surface area contributed by atoms with Crippen LogP contribution in [0, 0.1) is 0 Å². The maximum atomic E-state index is 6.30. The van der Waals surface area contributed by atoms with E-state index >= 15 is 0 Å². The molecule has 6 heteroatoms. The molecule has 0 spiro atoms. The van der Waals surface area contributed by atoms with Gasteiger partial charge in [0, 0.05) is 35.3 Å². The standard InChI is InChI=1S/C21H20N6/c1-12-7-15(23-2)10-27-19(12)17(18-20(22)25-11-26-21(18)27)14-8-13-5-3-4-6-16(13)24-9-14/h3-6,8-9,11,15,23H,1,7,10H2,2H3,(H2,22,25,26)/t15-/m1/s1. The summed E-state index contributed by atoms with van der Waals surface area (Å²) in [4.78, 5) is 13.4. The first-order chi connectivity index (χ1) is 13.2. The second-order valence-corrected chi connectivity index (χ2v) is 7.00. The van der Waals surface area contributed by atoms with E-state index in [4.69, 9.17) is 5.73 Å². The van der Waals surface area contributed by atoms with Crippen molar-refractivity contribution in [2.75, 3.05) is 12.8 Å². The highest BCUT2D eigenvalue weighted by Crippen LogP contribution is 2.43. The number of nitrogens with one attached hydrogen (secondary N) is 1. The van der Waals surface area contributed by atoms with Gasteiger partial charge in [-0.25, -0.2) is 9.97 Å². The minimum Gasteiger partial charge on any atom is -0.383 e. The number of nitrogens with two attached hydrogens (primary N) is 1. The zero-order chi connectivity index (χ0) is 18.5. The van der Waals surface area contributed by atoms with Crippen molar-refractivity contribution < 1.29 is 0 Å². The fourth-order valence-electron chi connectivity index (χ4n) is 4.10. The van der Waals surface area contributed by atoms with Crippen LogP contribution >= 0.6 is 0 Å². The zero-order valence-corrected chi connectivity index (χ0v) is 15.1. The molecule has 5 rings (SSSR count). The highest BCUT2D eigenvalue weighted by molar-refractivity contribution is 6.06. The van der Waals surface area contributed by atoms with Gasteiger partial charge in [0.05, 0.1) is 16.6 Å². The van der Waals surface area contributed by atoms with Gasteiger partial charge in [-0.2, -0.15) is 0 Å². The van der Waals surface area contributed by atoms with Gasteiger partial charge < -0.3 is 15.6 Å². The van der Waals surface area contributed by atoms with Crippen LogP contribution in [-0.2, 0) is 6.54 Å². The third-order valence-corrected chi connectivity index (χ3v) is 5.39. The van der Waals surface area contributed by atoms with Gasteiger partial charge in [-0.1, -0.05) is 24.8 Å². The quantitative estimate of drug-likeness (QED) is 0.576. The number of anilines is 1. The molecule has 0 aliphatic carbocycles. The van der Waals surface area contributed by atoms with E-state index in [2.05, 4.69) is 43.5 Å². The van der Waals surface area contributed by atoms with Gasteiger partial charge in [0.15, 0.2) is 0 Å². The topological polar surface area (TPSA) is 81.7 Å². The lowest BCUT2D eigenvalue weighted by molar-refractivity contribution is 0.474. The van der Waals surface area contributed by atoms with Crippen molar-refractivity contribution in [3.8, 4) is 11.1 Å². The van der Waals surface area contributed by atoms with Crippen LogP contribution in [0.3, 0.4) is 0 Å². The van der Waals surface area contributed by atoms with E-state index in [1.807, 2.05) is 31.4 Å². The van der Waals surface area contributed by atoms with E-state index in [0.29, 0.717) is 11.9 Å². The monoisotopic (exact) mass is 356 g/mol. The fourth-order valence-corrected chi connectivity index (χ4v) is 4.10. The van der Waals surface area contributed by atoms with E-state index in [1.54, 1.807) is 0 Å². The third kappa shape index (κ3) is 2.34. The Kier molecular flexibility index (Phi) is 3.48. The number of para-hydroxylation sites is 1. The number of nitrogen functional groups attached to an aromatic ring is 1. The number of nitrogens with zero attached hydrogens (tertiary/aromatic N) is 4. The van der Waals surface area contributed by atoms with Crippen LogP contribution in [0.1, 0.15) is 12.1 Å². The highest BCUT2D eigenvalue weighted by Gasteiger charge is 2.29. The number of likely N-dealkylation sites (N-methyl/N-ethyl adjacent to an activating group) is 1. The van der Waals surface area contributed by atoms with E-state index in [-0.39, 0.29) is 0 Å². The van der Waals surface area contributed by atoms with Crippen molar-refractivity contribution in [3.05, 3.63) is 55.1 Å². The molecule has 1 aromatic carbocycles. The summed E-state index contributed by atoms with van der Waals surface area (Å²) in [7, 11) is 1.98. The van der Waals surface area contributed by atoms with Crippen molar-refractivity contribution in [3.63, 3.8) is 0 Å². The Balaban J connectivity index is 1.86. The first-order valence-corrected chi connectivity index (χ1v) is 9.00. The van der Waals surface area contributed by atoms with Gasteiger partial charge >= 0.3 is 0 Å². The zero-order valence-electron chi connectivity index (χ0n) is 15.1. The number of benzene rings is 1. The summed E-state index contributed by atoms with van der Waals surface area (Å²) in [5, 5.41) is 5.33. The largest absolute Gasteiger partial charge is 0.383 e. The van der Waals surface area contributed by atoms with Crippen molar-refractivity contribution in [2.45, 2.75) is 19.0 Å². The van der Waals surface area contributed by atoms with Crippen molar-refractivity contribution in [2.24, 2.45) is 0 Å². The molecule has 0 saturated heterocycles. The maximum absolute atomic E-state index is 6.30. The van der Waals surface area contributed by atoms with Gasteiger partial charge in [0.25, 0.3) is 0 Å². The SMILES string of the molecule is C=C1C[C@@H](NC)Cn2c1c(-c1cnc3ccccc3c1)c1c(N)ncnc12. The summed E-state index contributed by atoms with van der Waals surface area (Å²) in [6.45, 7) is 5.18. The molecule has 0 saturated carbocycles. The second kappa shape index (κ2) is 5.89. The molecule has 27 heavy (non-hydrogen) atoms. The molecule has 4 aromatic rings. The molecule has 0 amide bonds. The number of hydrogen-bond donors (Lipinski definition) is 2. The Morgan fingerprint density at radius 1 is 1.22 bits per heavy atom. The van der Waals surface area contributed by atoms with Gasteiger partial charge in [-0.15, -0.1) is 0 Å². The Morgan fingerprint density at radius 2 is 2.07 bits per heavy atom. The third-order valence-electron chi connectivity index (χ3n) is 5.39. The fraction of sp³-hybridized carbons (Fsp3) is 0.190. The summed E-state index contributed by atoms with van der Waals surface area (Å²) in [6.07, 6.45) is 4.31. The molecule has 0 bridgehead atoms. The normalized spacial score (nSPS) is 16.8. The lowest BCUT2D eigenvalue weighted by Gasteiger charge is -2.27. The molecule has 0 unspecified atom stereocenters. The molecule has 1 aliphatic rings. The van der Waals surface area contributed by atoms with Gasteiger partial charge in [-0.3, -0.25) is 4.98 Å². The van der Waals surface area contributed by atoms with Gasteiger partial charge in [0.1, 0.15) is 17.8 Å². The Bertz CT molecular complexity index is 1210. The van der Waals surface area contributed by atoms with Crippen LogP contribution in [0.15, 0.2) is 49.4 Å². The molecule has 1 atom stereocenters. The van der Waals surface area contributed by atoms with Crippen LogP contribution < -0.4 is 11.1 Å². The molecule has 6 nitrogen and oxygen atoms in total. The molecule has 3 N–H and O–H groups in total. The smallest absolute Gasteiger partial charge is 0.146 e. The van der Waals surface area contributed by atoms with E-state index in [9.17, 15) is 0 Å². The number of pyridine rings is 1. The Morgan fingerprint density at radius 3 is 2.93 bits per heavy atom. The van der Waals surface area contributed by atoms with Crippen LogP contribution in [0.4, 0.5) is 5.82 Å². The molecular formula is C21H20N6. The van der Waals surface area contributed by atoms with E-state index < -0.39 is 0 Å². The molecule has 0 fully saturated rings. The lowest BCUT2D eigenvalue weighted by Crippen LogP contribution is -2.34. The predicted molar refractivity (Wildman–Crippen MR) is 109 cm³/mol. The first kappa shape index (κ1) is 16.0. The number of aromatic nitrogens is 4. The summed E-state index contributed by atoms with van der Waals surface area (Å²) in [6, 6.07) is 10.6. The molecule has 3 aromatic heterocycles. The minimum atomic E-state index is 0.319. The Labute approximate surface area is 156 Å². The number of fused-ring (bicyclic) bond motifs is 4. The summed E-state index contributed by atoms with van der Waals surface area (Å²) in [5.74, 6) is 0.485. The predicted octanol–water partition coefficient (Wildman–Crippen LogP) is 3.23. The second-order valence-electron chi connectivity index (χ2n) is 7.00. The van der Waals surface area contributed by atoms with Crippen LogP contribution in [0.25, 0.3) is 38.6 Å². The number of hydrogen-bond acceptors (Lipinski definition) is 5. The molecule has 0 radical (unpaired) electrons. The van der Waals surface area contributed by atoms with Crippen molar-refractivity contribution >= 4 is 33.3 Å². The van der Waals surface area contributed by atoms with Crippen molar-refractivity contribution in [1.82, 2.24) is 24.8 Å². The number of rotatable bonds is 2. The van der Waals surface area contributed by atoms with Crippen LogP contribution in [-0.4, -0.2) is 32.6 Å². The van der Waals surface area contributed by atoms with Crippen LogP contribution in [0.5, 0.6) is 0 Å².